The Morgan fingerprint density at radius 1 is 1.33 bits per heavy atom. The van der Waals surface area contributed by atoms with Gasteiger partial charge in [-0.15, -0.1) is 0 Å². The molecule has 0 aromatic heterocycles. The summed E-state index contributed by atoms with van der Waals surface area (Å²) >= 11 is 0. The van der Waals surface area contributed by atoms with Crippen molar-refractivity contribution >= 4 is 0 Å². The molecule has 0 heterocycles. The third-order valence-electron chi connectivity index (χ3n) is 2.59. The Labute approximate surface area is 72.6 Å². The van der Waals surface area contributed by atoms with Crippen LogP contribution in [0.5, 0.6) is 0 Å². The number of hydrogen-bond acceptors (Lipinski definition) is 4. The van der Waals surface area contributed by atoms with Crippen molar-refractivity contribution in [3.05, 3.63) is 0 Å². The maximum atomic E-state index is 9.25. The van der Waals surface area contributed by atoms with Gasteiger partial charge in [-0.3, -0.25) is 4.84 Å². The first-order valence-corrected chi connectivity index (χ1v) is 4.34. The van der Waals surface area contributed by atoms with Gasteiger partial charge in [0.2, 0.25) is 0 Å². The van der Waals surface area contributed by atoms with E-state index in [1.165, 1.54) is 0 Å². The Morgan fingerprint density at radius 3 is 2.33 bits per heavy atom. The molecule has 0 aliphatic heterocycles. The van der Waals surface area contributed by atoms with E-state index in [0.29, 0.717) is 6.10 Å². The lowest BCUT2D eigenvalue weighted by molar-refractivity contribution is -0.148. The van der Waals surface area contributed by atoms with Crippen LogP contribution in [-0.2, 0) is 9.57 Å². The highest BCUT2D eigenvalue weighted by Gasteiger charge is 2.26. The van der Waals surface area contributed by atoms with E-state index in [9.17, 15) is 5.11 Å². The molecule has 1 atom stereocenters. The van der Waals surface area contributed by atoms with Crippen molar-refractivity contribution in [2.45, 2.75) is 38.1 Å². The van der Waals surface area contributed by atoms with Crippen LogP contribution in [0.15, 0.2) is 0 Å². The van der Waals surface area contributed by atoms with E-state index >= 15 is 0 Å². The van der Waals surface area contributed by atoms with Crippen LogP contribution in [0.4, 0.5) is 0 Å². The smallest absolute Gasteiger partial charge is 0.176 e. The minimum Gasteiger partial charge on any atom is -0.381 e. The highest BCUT2D eigenvalue weighted by atomic mass is 16.7. The zero-order chi connectivity index (χ0) is 8.97. The number of hydrogen-bond donors (Lipinski definition) is 2. The topological polar surface area (TPSA) is 64.7 Å². The number of ether oxygens (including phenoxy) is 1. The van der Waals surface area contributed by atoms with Crippen molar-refractivity contribution in [2.24, 2.45) is 11.8 Å². The lowest BCUT2D eigenvalue weighted by Crippen LogP contribution is -2.31. The van der Waals surface area contributed by atoms with E-state index in [2.05, 4.69) is 4.84 Å². The molecule has 4 heteroatoms. The van der Waals surface area contributed by atoms with Gasteiger partial charge in [0, 0.05) is 13.0 Å². The van der Waals surface area contributed by atoms with Gasteiger partial charge in [0.25, 0.3) is 0 Å². The summed E-state index contributed by atoms with van der Waals surface area (Å²) in [5.41, 5.74) is 0. The van der Waals surface area contributed by atoms with Gasteiger partial charge in [0.05, 0.1) is 6.10 Å². The molecule has 0 aromatic rings. The van der Waals surface area contributed by atoms with E-state index in [1.807, 2.05) is 0 Å². The first-order chi connectivity index (χ1) is 5.77. The van der Waals surface area contributed by atoms with E-state index in [1.54, 1.807) is 7.11 Å². The Morgan fingerprint density at radius 2 is 1.92 bits per heavy atom. The Kier molecular flexibility index (Phi) is 3.94. The minimum atomic E-state index is -0.803. The van der Waals surface area contributed by atoms with Crippen molar-refractivity contribution in [2.75, 3.05) is 7.11 Å². The first-order valence-electron chi connectivity index (χ1n) is 4.34. The fourth-order valence-electron chi connectivity index (χ4n) is 1.72. The summed E-state index contributed by atoms with van der Waals surface area (Å²) in [7, 11) is 1.72. The average molecular weight is 175 g/mol. The summed E-state index contributed by atoms with van der Waals surface area (Å²) in [5, 5.41) is 9.25. The number of aliphatic hydroxyl groups is 1. The molecule has 0 saturated heterocycles. The number of nitrogens with two attached hydrogens (primary N) is 1. The van der Waals surface area contributed by atoms with E-state index in [0.717, 1.165) is 25.7 Å². The standard InChI is InChI=1S/C8H17NO3/c1-11-7-4-2-6(3-5-7)8(10)12-9/h6-8,10H,2-5,9H2,1H3. The molecule has 0 spiro atoms. The molecule has 1 aliphatic carbocycles. The summed E-state index contributed by atoms with van der Waals surface area (Å²) in [6.45, 7) is 0. The Hall–Kier alpha value is -0.160. The average Bonchev–Trinajstić information content (AvgIpc) is 2.17. The highest BCUT2D eigenvalue weighted by molar-refractivity contribution is 4.73. The van der Waals surface area contributed by atoms with Crippen LogP contribution in [0.25, 0.3) is 0 Å². The number of rotatable bonds is 3. The molecule has 1 rings (SSSR count). The fourth-order valence-corrected chi connectivity index (χ4v) is 1.72. The molecule has 1 unspecified atom stereocenters. The van der Waals surface area contributed by atoms with Crippen LogP contribution in [0.1, 0.15) is 25.7 Å². The molecule has 0 bridgehead atoms. The largest absolute Gasteiger partial charge is 0.381 e. The molecule has 3 N–H and O–H groups in total. The minimum absolute atomic E-state index is 0.182. The second kappa shape index (κ2) is 4.77. The zero-order valence-corrected chi connectivity index (χ0v) is 7.40. The lowest BCUT2D eigenvalue weighted by Gasteiger charge is -2.29. The zero-order valence-electron chi connectivity index (χ0n) is 7.40. The second-order valence-corrected chi connectivity index (χ2v) is 3.30. The van der Waals surface area contributed by atoms with Gasteiger partial charge in [0.15, 0.2) is 6.29 Å². The van der Waals surface area contributed by atoms with Crippen LogP contribution in [0.2, 0.25) is 0 Å². The summed E-state index contributed by atoms with van der Waals surface area (Å²) in [4.78, 5) is 4.37. The van der Waals surface area contributed by atoms with Gasteiger partial charge < -0.3 is 9.84 Å². The maximum absolute atomic E-state index is 9.25. The molecular formula is C8H17NO3. The van der Waals surface area contributed by atoms with Crippen molar-refractivity contribution < 1.29 is 14.7 Å². The third-order valence-corrected chi connectivity index (χ3v) is 2.59. The molecule has 4 nitrogen and oxygen atoms in total. The van der Waals surface area contributed by atoms with Crippen LogP contribution in [0, 0.1) is 5.92 Å². The quantitative estimate of drug-likeness (QED) is 0.481. The molecule has 1 saturated carbocycles. The molecule has 0 amide bonds. The number of aliphatic hydroxyl groups excluding tert-OH is 1. The Balaban J connectivity index is 2.25. The van der Waals surface area contributed by atoms with Crippen molar-refractivity contribution in [1.82, 2.24) is 0 Å². The van der Waals surface area contributed by atoms with E-state index in [-0.39, 0.29) is 5.92 Å². The normalized spacial score (nSPS) is 33.2. The van der Waals surface area contributed by atoms with Crippen LogP contribution in [-0.4, -0.2) is 24.6 Å². The van der Waals surface area contributed by atoms with Gasteiger partial charge in [-0.25, -0.2) is 5.90 Å². The van der Waals surface area contributed by atoms with Crippen molar-refractivity contribution in [3.63, 3.8) is 0 Å². The highest BCUT2D eigenvalue weighted by Crippen LogP contribution is 2.28. The van der Waals surface area contributed by atoms with Crippen molar-refractivity contribution in [3.8, 4) is 0 Å². The van der Waals surface area contributed by atoms with Crippen LogP contribution >= 0.6 is 0 Å². The summed E-state index contributed by atoms with van der Waals surface area (Å²) in [5.74, 6) is 5.07. The van der Waals surface area contributed by atoms with Crippen LogP contribution < -0.4 is 5.90 Å². The predicted octanol–water partition coefficient (Wildman–Crippen LogP) is 0.400. The summed E-state index contributed by atoms with van der Waals surface area (Å²) in [6, 6.07) is 0. The molecule has 1 fully saturated rings. The molecule has 0 radical (unpaired) electrons. The van der Waals surface area contributed by atoms with Crippen molar-refractivity contribution in [1.29, 1.82) is 0 Å². The maximum Gasteiger partial charge on any atom is 0.176 e. The molecule has 1 aliphatic rings. The van der Waals surface area contributed by atoms with Gasteiger partial charge in [0.1, 0.15) is 0 Å². The van der Waals surface area contributed by atoms with Gasteiger partial charge in [-0.1, -0.05) is 0 Å². The first kappa shape index (κ1) is 9.92. The molecule has 72 valence electrons. The lowest BCUT2D eigenvalue weighted by atomic mass is 9.87. The molecule has 0 aromatic carbocycles. The van der Waals surface area contributed by atoms with Gasteiger partial charge >= 0.3 is 0 Å². The summed E-state index contributed by atoms with van der Waals surface area (Å²) < 4.78 is 5.20. The van der Waals surface area contributed by atoms with Crippen LogP contribution in [0.3, 0.4) is 0 Å². The van der Waals surface area contributed by atoms with E-state index < -0.39 is 6.29 Å². The van der Waals surface area contributed by atoms with Gasteiger partial charge in [-0.05, 0) is 25.7 Å². The van der Waals surface area contributed by atoms with Gasteiger partial charge in [-0.2, -0.15) is 0 Å². The molecular weight excluding hydrogens is 158 g/mol. The summed E-state index contributed by atoms with van der Waals surface area (Å²) in [6.07, 6.45) is 3.38. The number of methoxy groups -OCH3 is 1. The third kappa shape index (κ3) is 2.42. The Bertz CT molecular complexity index is 123. The SMILES string of the molecule is COC1CCC(C(O)ON)CC1. The fraction of sp³-hybridized carbons (Fsp3) is 1.00. The van der Waals surface area contributed by atoms with E-state index in [4.69, 9.17) is 10.6 Å². The monoisotopic (exact) mass is 175 g/mol. The predicted molar refractivity (Wildman–Crippen MR) is 44.0 cm³/mol. The second-order valence-electron chi connectivity index (χ2n) is 3.30. The molecule has 12 heavy (non-hydrogen) atoms.